The lowest BCUT2D eigenvalue weighted by atomic mass is 10.1. The molecule has 0 atom stereocenters. The van der Waals surface area contributed by atoms with Crippen LogP contribution in [-0.4, -0.2) is 32.1 Å². The first-order chi connectivity index (χ1) is 12.6. The number of piperazine rings is 1. The van der Waals surface area contributed by atoms with Gasteiger partial charge in [-0.2, -0.15) is 0 Å². The predicted octanol–water partition coefficient (Wildman–Crippen LogP) is 4.19. The number of para-hydroxylation sites is 1. The summed E-state index contributed by atoms with van der Waals surface area (Å²) < 4.78 is 0. The number of benzene rings is 2. The van der Waals surface area contributed by atoms with Gasteiger partial charge in [0.1, 0.15) is 0 Å². The number of nitrogens with one attached hydrogen (secondary N) is 1. The number of carbonyl (C=O) groups excluding carboxylic acids is 1. The summed E-state index contributed by atoms with van der Waals surface area (Å²) >= 11 is 0. The summed E-state index contributed by atoms with van der Waals surface area (Å²) in [6, 6.07) is 19.7. The zero-order chi connectivity index (χ0) is 18.4. The third-order valence-corrected chi connectivity index (χ3v) is 4.78. The highest BCUT2D eigenvalue weighted by atomic mass is 16.1. The third kappa shape index (κ3) is 5.01. The van der Waals surface area contributed by atoms with Crippen LogP contribution in [0.2, 0.25) is 0 Å². The van der Waals surface area contributed by atoms with Crippen LogP contribution >= 0.6 is 0 Å². The molecule has 3 rings (SSSR count). The van der Waals surface area contributed by atoms with Crippen molar-refractivity contribution in [1.82, 2.24) is 0 Å². The fourth-order valence-corrected chi connectivity index (χ4v) is 3.18. The molecule has 4 nitrogen and oxygen atoms in total. The maximum absolute atomic E-state index is 11.9. The van der Waals surface area contributed by atoms with Crippen LogP contribution in [0, 0.1) is 12.0 Å². The van der Waals surface area contributed by atoms with Crippen molar-refractivity contribution in [2.45, 2.75) is 26.7 Å². The number of anilines is 3. The molecule has 0 aliphatic carbocycles. The first-order valence-electron chi connectivity index (χ1n) is 9.48. The van der Waals surface area contributed by atoms with Crippen molar-refractivity contribution in [3.63, 3.8) is 0 Å². The van der Waals surface area contributed by atoms with Crippen LogP contribution < -0.4 is 15.1 Å². The van der Waals surface area contributed by atoms with E-state index in [1.165, 1.54) is 11.4 Å². The van der Waals surface area contributed by atoms with E-state index in [0.717, 1.165) is 38.3 Å². The molecular formula is C22H28N3O. The van der Waals surface area contributed by atoms with Gasteiger partial charge < -0.3 is 15.1 Å². The first-order valence-corrected chi connectivity index (χ1v) is 9.48. The molecule has 1 fully saturated rings. The molecule has 137 valence electrons. The van der Waals surface area contributed by atoms with Crippen molar-refractivity contribution in [1.29, 1.82) is 0 Å². The van der Waals surface area contributed by atoms with E-state index in [1.807, 2.05) is 24.3 Å². The van der Waals surface area contributed by atoms with E-state index >= 15 is 0 Å². The molecule has 0 unspecified atom stereocenters. The van der Waals surface area contributed by atoms with E-state index in [2.05, 4.69) is 59.3 Å². The minimum atomic E-state index is 0.0965. The highest BCUT2D eigenvalue weighted by Gasteiger charge is 2.17. The molecule has 1 aliphatic rings. The summed E-state index contributed by atoms with van der Waals surface area (Å²) in [7, 11) is 0. The Balaban J connectivity index is 1.51. The highest BCUT2D eigenvalue weighted by molar-refractivity contribution is 5.90. The SMILES string of the molecule is CC(C)CCC(=O)Nc1ccc(N2CCN(c3[c]cccc3)CC2)cc1. The Morgan fingerprint density at radius 3 is 2.35 bits per heavy atom. The second-order valence-corrected chi connectivity index (χ2v) is 7.25. The predicted molar refractivity (Wildman–Crippen MR) is 109 cm³/mol. The van der Waals surface area contributed by atoms with E-state index < -0.39 is 0 Å². The van der Waals surface area contributed by atoms with Gasteiger partial charge in [0.05, 0.1) is 0 Å². The average Bonchev–Trinajstić information content (AvgIpc) is 2.68. The van der Waals surface area contributed by atoms with Gasteiger partial charge in [-0.25, -0.2) is 0 Å². The van der Waals surface area contributed by atoms with Crippen LogP contribution in [0.3, 0.4) is 0 Å². The largest absolute Gasteiger partial charge is 0.368 e. The first kappa shape index (κ1) is 18.3. The Hall–Kier alpha value is -2.49. The van der Waals surface area contributed by atoms with Crippen molar-refractivity contribution in [2.75, 3.05) is 41.3 Å². The second-order valence-electron chi connectivity index (χ2n) is 7.25. The molecule has 0 spiro atoms. The minimum Gasteiger partial charge on any atom is -0.368 e. The van der Waals surface area contributed by atoms with Crippen molar-refractivity contribution in [2.24, 2.45) is 5.92 Å². The lowest BCUT2D eigenvalue weighted by Gasteiger charge is -2.37. The summed E-state index contributed by atoms with van der Waals surface area (Å²) in [5, 5.41) is 2.99. The standard InChI is InChI=1S/C22H28N3O/c1-18(2)8-13-22(26)23-19-9-11-21(12-10-19)25-16-14-24(15-17-25)20-6-4-3-5-7-20/h3-6,9-12,18H,8,13-17H2,1-2H3,(H,23,26). The molecule has 0 saturated carbocycles. The van der Waals surface area contributed by atoms with E-state index in [4.69, 9.17) is 0 Å². The molecule has 1 amide bonds. The van der Waals surface area contributed by atoms with Crippen molar-refractivity contribution in [3.8, 4) is 0 Å². The lowest BCUT2D eigenvalue weighted by Crippen LogP contribution is -2.46. The third-order valence-electron chi connectivity index (χ3n) is 4.78. The van der Waals surface area contributed by atoms with Crippen molar-refractivity contribution in [3.05, 3.63) is 54.6 Å². The van der Waals surface area contributed by atoms with E-state index in [0.29, 0.717) is 12.3 Å². The fourth-order valence-electron chi connectivity index (χ4n) is 3.18. The molecule has 1 radical (unpaired) electrons. The van der Waals surface area contributed by atoms with Crippen molar-refractivity contribution >= 4 is 23.0 Å². The summed E-state index contributed by atoms with van der Waals surface area (Å²) in [5.41, 5.74) is 3.26. The van der Waals surface area contributed by atoms with E-state index in [-0.39, 0.29) is 5.91 Å². The Labute approximate surface area is 156 Å². The van der Waals surface area contributed by atoms with Crippen LogP contribution in [-0.2, 0) is 4.79 Å². The molecule has 0 bridgehead atoms. The van der Waals surface area contributed by atoms with E-state index in [1.54, 1.807) is 0 Å². The molecule has 26 heavy (non-hydrogen) atoms. The molecular weight excluding hydrogens is 322 g/mol. The van der Waals surface area contributed by atoms with Crippen LogP contribution in [0.15, 0.2) is 48.5 Å². The zero-order valence-electron chi connectivity index (χ0n) is 15.7. The average molecular weight is 350 g/mol. The smallest absolute Gasteiger partial charge is 0.224 e. The number of rotatable bonds is 6. The molecule has 2 aromatic carbocycles. The van der Waals surface area contributed by atoms with Crippen LogP contribution in [0.5, 0.6) is 0 Å². The van der Waals surface area contributed by atoms with Gasteiger partial charge in [-0.15, -0.1) is 0 Å². The Morgan fingerprint density at radius 1 is 1.04 bits per heavy atom. The summed E-state index contributed by atoms with van der Waals surface area (Å²) in [6.45, 7) is 8.24. The maximum Gasteiger partial charge on any atom is 0.224 e. The normalized spacial score (nSPS) is 14.6. The van der Waals surface area contributed by atoms with Gasteiger partial charge in [-0.05, 0) is 42.7 Å². The molecule has 0 aromatic heterocycles. The van der Waals surface area contributed by atoms with Gasteiger partial charge in [-0.3, -0.25) is 4.79 Å². The van der Waals surface area contributed by atoms with Gasteiger partial charge in [0, 0.05) is 55.7 Å². The van der Waals surface area contributed by atoms with Gasteiger partial charge >= 0.3 is 0 Å². The number of carbonyl (C=O) groups is 1. The van der Waals surface area contributed by atoms with Gasteiger partial charge in [0.15, 0.2) is 0 Å². The number of hydrogen-bond donors (Lipinski definition) is 1. The molecule has 1 saturated heterocycles. The van der Waals surface area contributed by atoms with Gasteiger partial charge in [0.2, 0.25) is 5.91 Å². The maximum atomic E-state index is 11.9. The molecule has 1 heterocycles. The minimum absolute atomic E-state index is 0.0965. The molecule has 4 heteroatoms. The van der Waals surface area contributed by atoms with Crippen LogP contribution in [0.4, 0.5) is 17.1 Å². The molecule has 2 aromatic rings. The second kappa shape index (κ2) is 8.75. The number of hydrogen-bond acceptors (Lipinski definition) is 3. The van der Waals surface area contributed by atoms with Crippen molar-refractivity contribution < 1.29 is 4.79 Å². The topological polar surface area (TPSA) is 35.6 Å². The monoisotopic (exact) mass is 350 g/mol. The van der Waals surface area contributed by atoms with Crippen LogP contribution in [0.25, 0.3) is 0 Å². The Morgan fingerprint density at radius 2 is 1.73 bits per heavy atom. The number of nitrogens with zero attached hydrogens (tertiary/aromatic N) is 2. The summed E-state index contributed by atoms with van der Waals surface area (Å²) in [4.78, 5) is 16.7. The van der Waals surface area contributed by atoms with Crippen LogP contribution in [0.1, 0.15) is 26.7 Å². The van der Waals surface area contributed by atoms with E-state index in [9.17, 15) is 4.79 Å². The lowest BCUT2D eigenvalue weighted by molar-refractivity contribution is -0.116. The number of amides is 1. The highest BCUT2D eigenvalue weighted by Crippen LogP contribution is 2.22. The molecule has 1 aliphatic heterocycles. The van der Waals surface area contributed by atoms with Gasteiger partial charge in [0.25, 0.3) is 0 Å². The fraction of sp³-hybridized carbons (Fsp3) is 0.409. The Kier molecular flexibility index (Phi) is 6.16. The quantitative estimate of drug-likeness (QED) is 0.848. The van der Waals surface area contributed by atoms with Gasteiger partial charge in [-0.1, -0.05) is 32.0 Å². The summed E-state index contributed by atoms with van der Waals surface area (Å²) in [6.07, 6.45) is 1.50. The molecule has 1 N–H and O–H groups in total. The zero-order valence-corrected chi connectivity index (χ0v) is 15.7. The Bertz CT molecular complexity index is 689. The summed E-state index contributed by atoms with van der Waals surface area (Å²) in [5.74, 6) is 0.648.